The van der Waals surface area contributed by atoms with Gasteiger partial charge in [-0.2, -0.15) is 0 Å². The average molecular weight is 260 g/mol. The Balaban J connectivity index is 1.83. The van der Waals surface area contributed by atoms with Gasteiger partial charge in [0, 0.05) is 4.88 Å². The number of anilines is 3. The summed E-state index contributed by atoms with van der Waals surface area (Å²) in [5.41, 5.74) is 8.59. The van der Waals surface area contributed by atoms with Crippen LogP contribution in [0.5, 0.6) is 0 Å². The number of aromatic nitrogens is 2. The van der Waals surface area contributed by atoms with Crippen LogP contribution in [-0.4, -0.2) is 9.97 Å². The van der Waals surface area contributed by atoms with Crippen molar-refractivity contribution in [3.05, 3.63) is 28.4 Å². The fourth-order valence-electron chi connectivity index (χ4n) is 2.16. The highest BCUT2D eigenvalue weighted by molar-refractivity contribution is 7.15. The zero-order valence-electron chi connectivity index (χ0n) is 10.4. The summed E-state index contributed by atoms with van der Waals surface area (Å²) in [7, 11) is 0. The summed E-state index contributed by atoms with van der Waals surface area (Å²) in [6.07, 6.45) is 4.83. The first-order chi connectivity index (χ1) is 8.72. The van der Waals surface area contributed by atoms with Crippen molar-refractivity contribution in [3.8, 4) is 0 Å². The first-order valence-corrected chi connectivity index (χ1v) is 7.03. The maximum Gasteiger partial charge on any atom is 0.188 e. The van der Waals surface area contributed by atoms with Gasteiger partial charge < -0.3 is 11.1 Å². The first kappa shape index (κ1) is 11.5. The molecule has 0 saturated carbocycles. The lowest BCUT2D eigenvalue weighted by atomic mass is 10.0. The molecule has 0 unspecified atom stereocenters. The van der Waals surface area contributed by atoms with Crippen molar-refractivity contribution in [2.75, 3.05) is 11.1 Å². The molecule has 2 aromatic heterocycles. The normalized spacial score (nSPS) is 14.3. The molecule has 0 aliphatic heterocycles. The van der Waals surface area contributed by atoms with Crippen molar-refractivity contribution in [1.29, 1.82) is 0 Å². The van der Waals surface area contributed by atoms with Crippen LogP contribution in [0, 0.1) is 6.92 Å². The molecule has 0 radical (unpaired) electrons. The van der Waals surface area contributed by atoms with E-state index in [9.17, 15) is 0 Å². The molecule has 0 saturated heterocycles. The monoisotopic (exact) mass is 260 g/mol. The fraction of sp³-hybridized carbons (Fsp3) is 0.385. The maximum atomic E-state index is 5.76. The predicted molar refractivity (Wildman–Crippen MR) is 75.4 cm³/mol. The number of nitrogen functional groups attached to an aromatic ring is 1. The number of rotatable bonds is 2. The predicted octanol–water partition coefficient (Wildman–Crippen LogP) is 3.05. The highest BCUT2D eigenvalue weighted by Gasteiger charge is 2.15. The second kappa shape index (κ2) is 4.57. The summed E-state index contributed by atoms with van der Waals surface area (Å²) in [6, 6.07) is 3.76. The lowest BCUT2D eigenvalue weighted by Crippen LogP contribution is -2.00. The van der Waals surface area contributed by atoms with Crippen molar-refractivity contribution < 1.29 is 0 Å². The largest absolute Gasteiger partial charge is 0.397 e. The van der Waals surface area contributed by atoms with Crippen LogP contribution in [0.2, 0.25) is 0 Å². The average Bonchev–Trinajstić information content (AvgIpc) is 2.76. The second-order valence-corrected chi connectivity index (χ2v) is 5.68. The van der Waals surface area contributed by atoms with E-state index in [0.29, 0.717) is 0 Å². The standard InChI is InChI=1S/C13H16N4S/c1-8-9(14)6-7-12(15-8)17-13-16-10-4-2-3-5-11(10)18-13/h6-7H,2-5,14H2,1H3,(H,15,16,17). The van der Waals surface area contributed by atoms with Crippen molar-refractivity contribution in [3.63, 3.8) is 0 Å². The van der Waals surface area contributed by atoms with E-state index in [1.807, 2.05) is 19.1 Å². The van der Waals surface area contributed by atoms with Gasteiger partial charge in [0.2, 0.25) is 0 Å². The highest BCUT2D eigenvalue weighted by atomic mass is 32.1. The van der Waals surface area contributed by atoms with E-state index in [2.05, 4.69) is 15.3 Å². The quantitative estimate of drug-likeness (QED) is 0.871. The third-order valence-electron chi connectivity index (χ3n) is 3.21. The minimum Gasteiger partial charge on any atom is -0.397 e. The molecule has 2 heterocycles. The molecule has 94 valence electrons. The summed E-state index contributed by atoms with van der Waals surface area (Å²) in [5.74, 6) is 0.813. The summed E-state index contributed by atoms with van der Waals surface area (Å²) < 4.78 is 0. The highest BCUT2D eigenvalue weighted by Crippen LogP contribution is 2.31. The molecule has 0 amide bonds. The third-order valence-corrected chi connectivity index (χ3v) is 4.28. The van der Waals surface area contributed by atoms with Gasteiger partial charge in [0.1, 0.15) is 5.82 Å². The van der Waals surface area contributed by atoms with Crippen LogP contribution in [0.25, 0.3) is 0 Å². The molecule has 2 aromatic rings. The fourth-order valence-corrected chi connectivity index (χ4v) is 3.21. The van der Waals surface area contributed by atoms with E-state index >= 15 is 0 Å². The molecule has 0 atom stereocenters. The zero-order valence-corrected chi connectivity index (χ0v) is 11.2. The summed E-state index contributed by atoms with van der Waals surface area (Å²) in [6.45, 7) is 1.91. The van der Waals surface area contributed by atoms with Crippen LogP contribution in [0.1, 0.15) is 29.1 Å². The van der Waals surface area contributed by atoms with Gasteiger partial charge in [-0.1, -0.05) is 0 Å². The van der Waals surface area contributed by atoms with E-state index in [1.54, 1.807) is 11.3 Å². The molecule has 3 rings (SSSR count). The molecule has 18 heavy (non-hydrogen) atoms. The lowest BCUT2D eigenvalue weighted by Gasteiger charge is -2.06. The Morgan fingerprint density at radius 1 is 1.22 bits per heavy atom. The number of nitrogens with one attached hydrogen (secondary N) is 1. The van der Waals surface area contributed by atoms with Crippen LogP contribution >= 0.6 is 11.3 Å². The number of pyridine rings is 1. The van der Waals surface area contributed by atoms with Crippen LogP contribution < -0.4 is 11.1 Å². The Hall–Kier alpha value is -1.62. The van der Waals surface area contributed by atoms with Crippen LogP contribution in [0.15, 0.2) is 12.1 Å². The van der Waals surface area contributed by atoms with Gasteiger partial charge in [0.25, 0.3) is 0 Å². The van der Waals surface area contributed by atoms with Crippen LogP contribution in [-0.2, 0) is 12.8 Å². The minimum atomic E-state index is 0.721. The van der Waals surface area contributed by atoms with E-state index in [4.69, 9.17) is 5.73 Å². The van der Waals surface area contributed by atoms with E-state index in [0.717, 1.165) is 28.8 Å². The Kier molecular flexibility index (Phi) is 2.91. The van der Waals surface area contributed by atoms with Gasteiger partial charge in [-0.25, -0.2) is 9.97 Å². The van der Waals surface area contributed by atoms with Gasteiger partial charge in [0.05, 0.1) is 17.1 Å². The van der Waals surface area contributed by atoms with Crippen LogP contribution in [0.3, 0.4) is 0 Å². The van der Waals surface area contributed by atoms with E-state index < -0.39 is 0 Å². The molecular weight excluding hydrogens is 244 g/mol. The van der Waals surface area contributed by atoms with Crippen molar-refractivity contribution in [2.24, 2.45) is 0 Å². The molecule has 3 N–H and O–H groups in total. The Bertz CT molecular complexity index is 553. The second-order valence-electron chi connectivity index (χ2n) is 4.59. The molecule has 5 heteroatoms. The van der Waals surface area contributed by atoms with Crippen molar-refractivity contribution in [2.45, 2.75) is 32.6 Å². The van der Waals surface area contributed by atoms with Gasteiger partial charge in [-0.05, 0) is 44.7 Å². The molecule has 0 spiro atoms. The number of nitrogens with zero attached hydrogens (tertiary/aromatic N) is 2. The van der Waals surface area contributed by atoms with Crippen molar-refractivity contribution >= 4 is 28.0 Å². The number of fused-ring (bicyclic) bond motifs is 1. The number of hydrogen-bond donors (Lipinski definition) is 2. The first-order valence-electron chi connectivity index (χ1n) is 6.21. The summed E-state index contributed by atoms with van der Waals surface area (Å²) >= 11 is 1.75. The number of aryl methyl sites for hydroxylation is 3. The molecule has 1 aliphatic carbocycles. The van der Waals surface area contributed by atoms with Crippen molar-refractivity contribution in [1.82, 2.24) is 9.97 Å². The number of nitrogens with two attached hydrogens (primary N) is 1. The van der Waals surface area contributed by atoms with Gasteiger partial charge in [-0.3, -0.25) is 0 Å². The molecule has 1 aliphatic rings. The Morgan fingerprint density at radius 3 is 2.83 bits per heavy atom. The van der Waals surface area contributed by atoms with Gasteiger partial charge in [-0.15, -0.1) is 11.3 Å². The number of hydrogen-bond acceptors (Lipinski definition) is 5. The van der Waals surface area contributed by atoms with E-state index in [1.165, 1.54) is 29.8 Å². The Labute approximate surface area is 110 Å². The van der Waals surface area contributed by atoms with Gasteiger partial charge >= 0.3 is 0 Å². The summed E-state index contributed by atoms with van der Waals surface area (Å²) in [5, 5.41) is 4.21. The minimum absolute atomic E-state index is 0.721. The number of thiazole rings is 1. The van der Waals surface area contributed by atoms with Gasteiger partial charge in [0.15, 0.2) is 5.13 Å². The smallest absolute Gasteiger partial charge is 0.188 e. The molecule has 4 nitrogen and oxygen atoms in total. The lowest BCUT2D eigenvalue weighted by molar-refractivity contribution is 0.683. The van der Waals surface area contributed by atoms with Crippen LogP contribution in [0.4, 0.5) is 16.6 Å². The molecule has 0 fully saturated rings. The Morgan fingerprint density at radius 2 is 2.06 bits per heavy atom. The maximum absolute atomic E-state index is 5.76. The van der Waals surface area contributed by atoms with E-state index in [-0.39, 0.29) is 0 Å². The molecular formula is C13H16N4S. The SMILES string of the molecule is Cc1nc(Nc2nc3c(s2)CCCC3)ccc1N. The third kappa shape index (κ3) is 2.18. The molecule has 0 aromatic carbocycles. The zero-order chi connectivity index (χ0) is 12.5. The topological polar surface area (TPSA) is 63.8 Å². The summed E-state index contributed by atoms with van der Waals surface area (Å²) in [4.78, 5) is 10.5. The molecule has 0 bridgehead atoms.